The molecule has 1 saturated carbocycles. The number of aliphatic carboxylic acids is 1. The lowest BCUT2D eigenvalue weighted by molar-refractivity contribution is -0.142. The Morgan fingerprint density at radius 3 is 2.81 bits per heavy atom. The van der Waals surface area contributed by atoms with Gasteiger partial charge in [-0.2, -0.15) is 5.26 Å². The number of hydrogen-bond acceptors (Lipinski definition) is 4. The number of urea groups is 1. The van der Waals surface area contributed by atoms with Crippen LogP contribution in [-0.2, 0) is 9.53 Å². The van der Waals surface area contributed by atoms with Crippen LogP contribution in [0.25, 0.3) is 0 Å². The molecule has 0 heterocycles. The molecule has 7 nitrogen and oxygen atoms in total. The second-order valence-corrected chi connectivity index (χ2v) is 5.21. The van der Waals surface area contributed by atoms with Crippen LogP contribution >= 0.6 is 0 Å². The molecule has 7 heteroatoms. The van der Waals surface area contributed by atoms with Gasteiger partial charge in [0.05, 0.1) is 25.0 Å². The molecule has 2 unspecified atom stereocenters. The first-order chi connectivity index (χ1) is 10.1. The summed E-state index contributed by atoms with van der Waals surface area (Å²) in [6, 6.07) is 1.74. The highest BCUT2D eigenvalue weighted by Gasteiger charge is 2.33. The fraction of sp³-hybridized carbons (Fsp3) is 0.786. The SMILES string of the molecule is COCCN(CCC#N)C(=O)NCC1CCCC1C(=O)O. The van der Waals surface area contributed by atoms with Gasteiger partial charge in [-0.1, -0.05) is 6.42 Å². The summed E-state index contributed by atoms with van der Waals surface area (Å²) in [5.41, 5.74) is 0. The summed E-state index contributed by atoms with van der Waals surface area (Å²) >= 11 is 0. The van der Waals surface area contributed by atoms with Gasteiger partial charge < -0.3 is 20.1 Å². The number of carbonyl (C=O) groups excluding carboxylic acids is 1. The van der Waals surface area contributed by atoms with Crippen molar-refractivity contribution in [1.29, 1.82) is 5.26 Å². The lowest BCUT2D eigenvalue weighted by atomic mass is 9.96. The molecule has 118 valence electrons. The monoisotopic (exact) mass is 297 g/mol. The smallest absolute Gasteiger partial charge is 0.317 e. The van der Waals surface area contributed by atoms with Gasteiger partial charge in [0.2, 0.25) is 0 Å². The Hall–Kier alpha value is -1.81. The highest BCUT2D eigenvalue weighted by atomic mass is 16.5. The number of nitriles is 1. The molecule has 0 aromatic heterocycles. The third-order valence-corrected chi connectivity index (χ3v) is 3.84. The summed E-state index contributed by atoms with van der Waals surface area (Å²) in [5.74, 6) is -1.16. The Kier molecular flexibility index (Phi) is 7.54. The van der Waals surface area contributed by atoms with Crippen LogP contribution in [0.15, 0.2) is 0 Å². The molecule has 0 spiro atoms. The van der Waals surface area contributed by atoms with Gasteiger partial charge in [-0.3, -0.25) is 4.79 Å². The van der Waals surface area contributed by atoms with E-state index in [1.54, 1.807) is 7.11 Å². The van der Waals surface area contributed by atoms with Crippen molar-refractivity contribution >= 4 is 12.0 Å². The van der Waals surface area contributed by atoms with E-state index in [0.717, 1.165) is 12.8 Å². The van der Waals surface area contributed by atoms with E-state index in [4.69, 9.17) is 15.1 Å². The Bertz CT molecular complexity index is 394. The van der Waals surface area contributed by atoms with E-state index in [1.165, 1.54) is 4.90 Å². The van der Waals surface area contributed by atoms with Gasteiger partial charge in [0.15, 0.2) is 0 Å². The maximum absolute atomic E-state index is 12.1. The van der Waals surface area contributed by atoms with Crippen LogP contribution in [0.5, 0.6) is 0 Å². The van der Waals surface area contributed by atoms with Crippen LogP contribution in [0, 0.1) is 23.2 Å². The number of amides is 2. The first kappa shape index (κ1) is 17.2. The number of carbonyl (C=O) groups is 2. The van der Waals surface area contributed by atoms with E-state index in [-0.39, 0.29) is 24.3 Å². The summed E-state index contributed by atoms with van der Waals surface area (Å²) in [6.07, 6.45) is 2.66. The number of hydrogen-bond donors (Lipinski definition) is 2. The topological polar surface area (TPSA) is 103 Å². The quantitative estimate of drug-likeness (QED) is 0.697. The summed E-state index contributed by atoms with van der Waals surface area (Å²) in [5, 5.41) is 20.5. The minimum Gasteiger partial charge on any atom is -0.481 e. The molecule has 0 bridgehead atoms. The predicted octanol–water partition coefficient (Wildman–Crippen LogP) is 1.06. The third-order valence-electron chi connectivity index (χ3n) is 3.84. The number of carboxylic acid groups (broad SMARTS) is 1. The molecule has 1 rings (SSSR count). The minimum absolute atomic E-state index is 0.00769. The van der Waals surface area contributed by atoms with Crippen molar-refractivity contribution in [2.75, 3.05) is 33.4 Å². The average Bonchev–Trinajstić information content (AvgIpc) is 2.93. The van der Waals surface area contributed by atoms with Gasteiger partial charge in [0, 0.05) is 26.7 Å². The van der Waals surface area contributed by atoms with Gasteiger partial charge in [-0.05, 0) is 18.8 Å². The van der Waals surface area contributed by atoms with Crippen LogP contribution in [0.1, 0.15) is 25.7 Å². The van der Waals surface area contributed by atoms with Crippen molar-refractivity contribution in [3.63, 3.8) is 0 Å². The molecular formula is C14H23N3O4. The van der Waals surface area contributed by atoms with Crippen LogP contribution < -0.4 is 5.32 Å². The van der Waals surface area contributed by atoms with Crippen molar-refractivity contribution in [1.82, 2.24) is 10.2 Å². The van der Waals surface area contributed by atoms with Gasteiger partial charge in [-0.25, -0.2) is 4.79 Å². The molecule has 1 aliphatic rings. The Morgan fingerprint density at radius 1 is 1.43 bits per heavy atom. The molecule has 21 heavy (non-hydrogen) atoms. The summed E-state index contributed by atoms with van der Waals surface area (Å²) in [4.78, 5) is 24.7. The zero-order valence-electron chi connectivity index (χ0n) is 12.4. The highest BCUT2D eigenvalue weighted by Crippen LogP contribution is 2.31. The molecule has 2 N–H and O–H groups in total. The molecular weight excluding hydrogens is 274 g/mol. The van der Waals surface area contributed by atoms with Crippen molar-refractivity contribution in [3.05, 3.63) is 0 Å². The van der Waals surface area contributed by atoms with E-state index >= 15 is 0 Å². The largest absolute Gasteiger partial charge is 0.481 e. The van der Waals surface area contributed by atoms with Crippen LogP contribution in [-0.4, -0.2) is 55.4 Å². The van der Waals surface area contributed by atoms with Gasteiger partial charge in [-0.15, -0.1) is 0 Å². The number of rotatable bonds is 8. The van der Waals surface area contributed by atoms with Gasteiger partial charge in [0.1, 0.15) is 0 Å². The van der Waals surface area contributed by atoms with E-state index in [1.807, 2.05) is 6.07 Å². The molecule has 0 aromatic carbocycles. The molecule has 0 aromatic rings. The highest BCUT2D eigenvalue weighted by molar-refractivity contribution is 5.74. The second kappa shape index (κ2) is 9.19. The average molecular weight is 297 g/mol. The van der Waals surface area contributed by atoms with E-state index in [9.17, 15) is 9.59 Å². The second-order valence-electron chi connectivity index (χ2n) is 5.21. The molecule has 2 amide bonds. The zero-order valence-corrected chi connectivity index (χ0v) is 12.4. The van der Waals surface area contributed by atoms with Crippen LogP contribution in [0.3, 0.4) is 0 Å². The lowest BCUT2D eigenvalue weighted by Crippen LogP contribution is -2.44. The van der Waals surface area contributed by atoms with Gasteiger partial charge >= 0.3 is 12.0 Å². The van der Waals surface area contributed by atoms with Crippen molar-refractivity contribution in [2.24, 2.45) is 11.8 Å². The molecule has 2 atom stereocenters. The van der Waals surface area contributed by atoms with Crippen LogP contribution in [0.2, 0.25) is 0 Å². The minimum atomic E-state index is -0.785. The summed E-state index contributed by atoms with van der Waals surface area (Å²) in [6.45, 7) is 1.53. The first-order valence-electron chi connectivity index (χ1n) is 7.21. The maximum atomic E-state index is 12.1. The molecule has 0 aliphatic heterocycles. The predicted molar refractivity (Wildman–Crippen MR) is 75.5 cm³/mol. The fourth-order valence-electron chi connectivity index (χ4n) is 2.64. The molecule has 1 aliphatic carbocycles. The number of nitrogens with zero attached hydrogens (tertiary/aromatic N) is 2. The van der Waals surface area contributed by atoms with Crippen molar-refractivity contribution in [2.45, 2.75) is 25.7 Å². The van der Waals surface area contributed by atoms with E-state index in [2.05, 4.69) is 5.32 Å². The Balaban J connectivity index is 2.45. The number of methoxy groups -OCH3 is 1. The van der Waals surface area contributed by atoms with Crippen molar-refractivity contribution in [3.8, 4) is 6.07 Å². The van der Waals surface area contributed by atoms with Crippen molar-refractivity contribution < 1.29 is 19.4 Å². The third kappa shape index (κ3) is 5.60. The Morgan fingerprint density at radius 2 is 2.19 bits per heavy atom. The summed E-state index contributed by atoms with van der Waals surface area (Å²) in [7, 11) is 1.55. The summed E-state index contributed by atoms with van der Waals surface area (Å²) < 4.78 is 4.95. The number of nitrogens with one attached hydrogen (secondary N) is 1. The standard InChI is InChI=1S/C14H23N3O4/c1-21-9-8-17(7-3-6-15)14(20)16-10-11-4-2-5-12(11)13(18)19/h11-12H,2-5,7-10H2,1H3,(H,16,20)(H,18,19). The number of ether oxygens (including phenoxy) is 1. The fourth-order valence-corrected chi connectivity index (χ4v) is 2.64. The lowest BCUT2D eigenvalue weighted by Gasteiger charge is -2.23. The molecule has 0 radical (unpaired) electrons. The molecule has 0 saturated heterocycles. The first-order valence-corrected chi connectivity index (χ1v) is 7.21. The van der Waals surface area contributed by atoms with Gasteiger partial charge in [0.25, 0.3) is 0 Å². The normalized spacial score (nSPS) is 20.8. The van der Waals surface area contributed by atoms with E-state index in [0.29, 0.717) is 32.7 Å². The van der Waals surface area contributed by atoms with Crippen LogP contribution in [0.4, 0.5) is 4.79 Å². The zero-order chi connectivity index (χ0) is 15.7. The van der Waals surface area contributed by atoms with E-state index < -0.39 is 5.97 Å². The molecule has 1 fully saturated rings. The number of carboxylic acids is 1. The Labute approximate surface area is 124 Å². The maximum Gasteiger partial charge on any atom is 0.317 e.